The highest BCUT2D eigenvalue weighted by Crippen LogP contribution is 2.38. The van der Waals surface area contributed by atoms with Gasteiger partial charge in [-0.25, -0.2) is 13.5 Å². The molecule has 0 radical (unpaired) electrons. The summed E-state index contributed by atoms with van der Waals surface area (Å²) in [6, 6.07) is 1.37. The van der Waals surface area contributed by atoms with Gasteiger partial charge in [-0.3, -0.25) is 0 Å². The largest absolute Gasteiger partial charge is 0.604 e. The quantitative estimate of drug-likeness (QED) is 0.518. The van der Waals surface area contributed by atoms with Crippen molar-refractivity contribution in [3.8, 4) is 11.8 Å². The summed E-state index contributed by atoms with van der Waals surface area (Å²) in [6.45, 7) is -1.79. The molecule has 27 heavy (non-hydrogen) atoms. The number of hydrogen-bond donors (Lipinski definition) is 0. The summed E-state index contributed by atoms with van der Waals surface area (Å²) in [7, 11) is 0. The number of halogens is 9. The third-order valence-electron chi connectivity index (χ3n) is 3.12. The molecule has 0 saturated carbocycles. The zero-order valence-electron chi connectivity index (χ0n) is 12.4. The molecular weight excluding hydrogens is 434 g/mol. The lowest BCUT2D eigenvalue weighted by molar-refractivity contribution is -0.137. The number of alkyl halides is 7. The van der Waals surface area contributed by atoms with E-state index in [2.05, 4.69) is 5.10 Å². The van der Waals surface area contributed by atoms with Crippen molar-refractivity contribution in [3.05, 3.63) is 39.9 Å². The molecule has 0 aliphatic carbocycles. The van der Waals surface area contributed by atoms with Crippen LogP contribution in [0.25, 0.3) is 5.69 Å². The summed E-state index contributed by atoms with van der Waals surface area (Å²) in [5, 5.41) is 11.1. The molecule has 0 aliphatic rings. The Morgan fingerprint density at radius 1 is 1.22 bits per heavy atom. The average molecular weight is 438 g/mol. The molecule has 0 N–H and O–H groups in total. The minimum absolute atomic E-state index is 0.0304. The van der Waals surface area contributed by atoms with Crippen LogP contribution in [0, 0.1) is 17.1 Å². The van der Waals surface area contributed by atoms with Gasteiger partial charge in [-0.05, 0) is 12.1 Å². The predicted molar refractivity (Wildman–Crippen MR) is 75.5 cm³/mol. The van der Waals surface area contributed by atoms with Gasteiger partial charge in [0.15, 0.2) is 5.82 Å². The number of benzene rings is 1. The van der Waals surface area contributed by atoms with Crippen LogP contribution in [0.4, 0.5) is 35.1 Å². The second-order valence-electron chi connectivity index (χ2n) is 4.78. The Bertz CT molecular complexity index is 895. The maximum absolute atomic E-state index is 14.2. The normalized spacial score (nSPS) is 13.5. The van der Waals surface area contributed by atoms with Crippen molar-refractivity contribution < 1.29 is 39.7 Å². The van der Waals surface area contributed by atoms with E-state index in [-0.39, 0.29) is 16.8 Å². The van der Waals surface area contributed by atoms with Crippen molar-refractivity contribution in [2.45, 2.75) is 23.3 Å². The first-order valence-electron chi connectivity index (χ1n) is 6.46. The maximum atomic E-state index is 14.2. The first-order valence-corrected chi connectivity index (χ1v) is 7.98. The van der Waals surface area contributed by atoms with E-state index in [0.29, 0.717) is 0 Å². The molecule has 0 bridgehead atoms. The minimum atomic E-state index is -5.40. The standard InChI is InChI=1S/C13H4ClF8N3OS/c14-6-1-5(12(17,18)19)2-7(16)10(6)25-9(3-15)11(8(4-23)24-25)27(26)13(20,21)22/h1-2H,3H2. The second-order valence-corrected chi connectivity index (χ2v) is 6.60. The molecule has 0 amide bonds. The molecule has 1 unspecified atom stereocenters. The molecule has 0 fully saturated rings. The Morgan fingerprint density at radius 3 is 2.22 bits per heavy atom. The molecule has 4 nitrogen and oxygen atoms in total. The third kappa shape index (κ3) is 3.97. The SMILES string of the molecule is N#Cc1nn(-c2c(F)cc(C(F)(F)F)cc2Cl)c(CF)c1[S+]([O-])C(F)(F)F. The van der Waals surface area contributed by atoms with E-state index < -0.39 is 67.9 Å². The number of nitriles is 1. The molecule has 1 heterocycles. The average Bonchev–Trinajstić information content (AvgIpc) is 2.89. The van der Waals surface area contributed by atoms with Crippen LogP contribution in [0.15, 0.2) is 17.0 Å². The predicted octanol–water partition coefficient (Wildman–Crippen LogP) is 4.65. The monoisotopic (exact) mass is 437 g/mol. The van der Waals surface area contributed by atoms with E-state index in [4.69, 9.17) is 16.9 Å². The van der Waals surface area contributed by atoms with Crippen molar-refractivity contribution in [3.63, 3.8) is 0 Å². The van der Waals surface area contributed by atoms with Gasteiger partial charge in [0.25, 0.3) is 0 Å². The van der Waals surface area contributed by atoms with Gasteiger partial charge in [-0.1, -0.05) is 11.6 Å². The Hall–Kier alpha value is -2.04. The fourth-order valence-electron chi connectivity index (χ4n) is 2.06. The minimum Gasteiger partial charge on any atom is -0.604 e. The van der Waals surface area contributed by atoms with Crippen molar-refractivity contribution in [2.24, 2.45) is 0 Å². The van der Waals surface area contributed by atoms with Crippen LogP contribution in [0.5, 0.6) is 0 Å². The summed E-state index contributed by atoms with van der Waals surface area (Å²) in [4.78, 5) is -1.37. The lowest BCUT2D eigenvalue weighted by Crippen LogP contribution is -2.25. The van der Waals surface area contributed by atoms with E-state index in [1.807, 2.05) is 0 Å². The lowest BCUT2D eigenvalue weighted by atomic mass is 10.2. The molecule has 1 aromatic carbocycles. The van der Waals surface area contributed by atoms with Gasteiger partial charge < -0.3 is 4.55 Å². The highest BCUT2D eigenvalue weighted by Gasteiger charge is 2.50. The molecule has 146 valence electrons. The molecule has 1 aromatic heterocycles. The molecule has 0 saturated heterocycles. The van der Waals surface area contributed by atoms with Crippen molar-refractivity contribution in [1.29, 1.82) is 5.26 Å². The second kappa shape index (κ2) is 7.17. The first kappa shape index (κ1) is 21.3. The van der Waals surface area contributed by atoms with Crippen molar-refractivity contribution in [1.82, 2.24) is 9.78 Å². The van der Waals surface area contributed by atoms with Crippen LogP contribution < -0.4 is 0 Å². The van der Waals surface area contributed by atoms with E-state index in [9.17, 15) is 39.7 Å². The highest BCUT2D eigenvalue weighted by atomic mass is 35.5. The van der Waals surface area contributed by atoms with Gasteiger partial charge in [0, 0.05) is 0 Å². The topological polar surface area (TPSA) is 64.7 Å². The van der Waals surface area contributed by atoms with Crippen molar-refractivity contribution in [2.75, 3.05) is 0 Å². The summed E-state index contributed by atoms with van der Waals surface area (Å²) in [5.74, 6) is -1.69. The lowest BCUT2D eigenvalue weighted by Gasteiger charge is -2.14. The summed E-state index contributed by atoms with van der Waals surface area (Å²) in [5.41, 5.74) is -10.2. The Morgan fingerprint density at radius 2 is 1.81 bits per heavy atom. The summed E-state index contributed by atoms with van der Waals surface area (Å²) < 4.78 is 115. The highest BCUT2D eigenvalue weighted by molar-refractivity contribution is 7.92. The Labute approximate surface area is 153 Å². The van der Waals surface area contributed by atoms with E-state index >= 15 is 0 Å². The van der Waals surface area contributed by atoms with Gasteiger partial charge in [0.05, 0.1) is 10.6 Å². The van der Waals surface area contributed by atoms with Gasteiger partial charge in [0.2, 0.25) is 10.6 Å². The van der Waals surface area contributed by atoms with Crippen LogP contribution in [-0.4, -0.2) is 19.8 Å². The van der Waals surface area contributed by atoms with Gasteiger partial charge in [-0.2, -0.15) is 23.5 Å². The zero-order valence-corrected chi connectivity index (χ0v) is 14.0. The smallest absolute Gasteiger partial charge is 0.578 e. The summed E-state index contributed by atoms with van der Waals surface area (Å²) >= 11 is 1.67. The Kier molecular flexibility index (Phi) is 5.65. The van der Waals surface area contributed by atoms with Crippen LogP contribution in [0.2, 0.25) is 5.02 Å². The van der Waals surface area contributed by atoms with Gasteiger partial charge in [-0.15, -0.1) is 13.2 Å². The van der Waals surface area contributed by atoms with Crippen LogP contribution in [0.1, 0.15) is 17.0 Å². The number of rotatable bonds is 3. The van der Waals surface area contributed by atoms with Crippen molar-refractivity contribution >= 4 is 22.8 Å². The van der Waals surface area contributed by atoms with E-state index in [1.54, 1.807) is 0 Å². The Balaban J connectivity index is 2.78. The summed E-state index contributed by atoms with van der Waals surface area (Å²) in [6.07, 6.45) is -4.99. The number of hydrogen-bond acceptors (Lipinski definition) is 3. The fraction of sp³-hybridized carbons (Fsp3) is 0.231. The number of nitrogens with zero attached hydrogens (tertiary/aromatic N) is 3. The molecular formula is C13H4ClF8N3OS. The number of aromatic nitrogens is 2. The van der Waals surface area contributed by atoms with Gasteiger partial charge >= 0.3 is 11.7 Å². The molecule has 0 aliphatic heterocycles. The molecule has 14 heteroatoms. The zero-order chi connectivity index (χ0) is 20.7. The molecule has 2 aromatic rings. The molecule has 2 rings (SSSR count). The van der Waals surface area contributed by atoms with E-state index in [1.165, 1.54) is 0 Å². The maximum Gasteiger partial charge on any atom is 0.578 e. The first-order chi connectivity index (χ1) is 12.3. The molecule has 1 atom stereocenters. The third-order valence-corrected chi connectivity index (χ3v) is 4.63. The van der Waals surface area contributed by atoms with E-state index in [0.717, 1.165) is 6.07 Å². The van der Waals surface area contributed by atoms with Crippen LogP contribution >= 0.6 is 11.6 Å². The van der Waals surface area contributed by atoms with Crippen LogP contribution in [0.3, 0.4) is 0 Å². The molecule has 0 spiro atoms. The fourth-order valence-corrected chi connectivity index (χ4v) is 3.19. The van der Waals surface area contributed by atoms with Crippen LogP contribution in [-0.2, 0) is 24.0 Å². The van der Waals surface area contributed by atoms with Gasteiger partial charge in [0.1, 0.15) is 35.3 Å².